The van der Waals surface area contributed by atoms with E-state index in [0.717, 1.165) is 19.4 Å². The first-order chi connectivity index (χ1) is 8.33. The van der Waals surface area contributed by atoms with Crippen LogP contribution in [0.15, 0.2) is 29.7 Å². The first kappa shape index (κ1) is 11.0. The molecule has 0 spiro atoms. The van der Waals surface area contributed by atoms with Crippen molar-refractivity contribution in [2.45, 2.75) is 19.3 Å². The quantitative estimate of drug-likeness (QED) is 0.814. The van der Waals surface area contributed by atoms with Crippen LogP contribution in [0.1, 0.15) is 17.7 Å². The van der Waals surface area contributed by atoms with Gasteiger partial charge in [0.25, 0.3) is 0 Å². The van der Waals surface area contributed by atoms with Gasteiger partial charge in [0.05, 0.1) is 0 Å². The number of amides is 1. The topological polar surface area (TPSA) is 29.1 Å². The molecule has 3 atom stereocenters. The van der Waals surface area contributed by atoms with Crippen LogP contribution in [0, 0.1) is 17.8 Å². The number of carbonyl (C=O) groups is 1. The molecule has 1 amide bonds. The molecule has 2 unspecified atom stereocenters. The van der Waals surface area contributed by atoms with Crippen molar-refractivity contribution in [1.29, 1.82) is 0 Å². The lowest BCUT2D eigenvalue weighted by Crippen LogP contribution is -2.34. The highest BCUT2D eigenvalue weighted by Crippen LogP contribution is 2.43. The van der Waals surface area contributed by atoms with Crippen molar-refractivity contribution in [2.24, 2.45) is 17.8 Å². The van der Waals surface area contributed by atoms with Gasteiger partial charge in [-0.3, -0.25) is 4.79 Å². The molecule has 0 aliphatic heterocycles. The molecule has 2 aliphatic rings. The number of fused-ring (bicyclic) bond motifs is 2. The lowest BCUT2D eigenvalue weighted by atomic mass is 9.93. The standard InChI is InChI=1S/C14H17NOS/c16-14(13-9-10-3-4-11(13)8-10)15-6-5-12-2-1-7-17-12/h1-4,7,10-11,13H,5-6,8-9H2,(H,15,16)/t10?,11?,13-/m1/s1. The van der Waals surface area contributed by atoms with Crippen LogP contribution in [-0.2, 0) is 11.2 Å². The summed E-state index contributed by atoms with van der Waals surface area (Å²) in [6.45, 7) is 0.775. The molecule has 2 bridgehead atoms. The maximum atomic E-state index is 12.0. The number of hydrogen-bond acceptors (Lipinski definition) is 2. The highest BCUT2D eigenvalue weighted by Gasteiger charge is 2.39. The normalized spacial score (nSPS) is 29.8. The molecule has 2 nitrogen and oxygen atoms in total. The molecule has 90 valence electrons. The van der Waals surface area contributed by atoms with Gasteiger partial charge in [-0.15, -0.1) is 11.3 Å². The summed E-state index contributed by atoms with van der Waals surface area (Å²) in [5.74, 6) is 1.70. The zero-order chi connectivity index (χ0) is 11.7. The Balaban J connectivity index is 1.46. The predicted octanol–water partition coefficient (Wildman–Crippen LogP) is 2.62. The summed E-state index contributed by atoms with van der Waals surface area (Å²) in [6.07, 6.45) is 7.73. The second-order valence-electron chi connectivity index (χ2n) is 5.01. The number of hydrogen-bond donors (Lipinski definition) is 1. The third kappa shape index (κ3) is 2.29. The van der Waals surface area contributed by atoms with E-state index in [4.69, 9.17) is 0 Å². The van der Waals surface area contributed by atoms with Gasteiger partial charge in [-0.25, -0.2) is 0 Å². The van der Waals surface area contributed by atoms with Crippen LogP contribution in [0.25, 0.3) is 0 Å². The summed E-state index contributed by atoms with van der Waals surface area (Å²) >= 11 is 1.76. The summed E-state index contributed by atoms with van der Waals surface area (Å²) < 4.78 is 0. The Morgan fingerprint density at radius 2 is 2.35 bits per heavy atom. The fraction of sp³-hybridized carbons (Fsp3) is 0.500. The lowest BCUT2D eigenvalue weighted by Gasteiger charge is -2.17. The van der Waals surface area contributed by atoms with Gasteiger partial charge < -0.3 is 5.32 Å². The molecule has 1 N–H and O–H groups in total. The molecular formula is C14H17NOS. The van der Waals surface area contributed by atoms with Gasteiger partial charge in [0.15, 0.2) is 0 Å². The van der Waals surface area contributed by atoms with Crippen LogP contribution >= 0.6 is 11.3 Å². The van der Waals surface area contributed by atoms with Gasteiger partial charge in [0.2, 0.25) is 5.91 Å². The molecule has 1 saturated carbocycles. The second-order valence-corrected chi connectivity index (χ2v) is 6.04. The zero-order valence-electron chi connectivity index (χ0n) is 9.76. The van der Waals surface area contributed by atoms with Gasteiger partial charge in [-0.1, -0.05) is 18.2 Å². The lowest BCUT2D eigenvalue weighted by molar-refractivity contribution is -0.125. The molecule has 0 aromatic carbocycles. The second kappa shape index (κ2) is 4.65. The molecular weight excluding hydrogens is 230 g/mol. The highest BCUT2D eigenvalue weighted by atomic mass is 32.1. The van der Waals surface area contributed by atoms with E-state index in [-0.39, 0.29) is 11.8 Å². The number of rotatable bonds is 4. The van der Waals surface area contributed by atoms with Gasteiger partial charge in [-0.05, 0) is 42.5 Å². The molecule has 0 radical (unpaired) electrons. The van der Waals surface area contributed by atoms with Crippen LogP contribution in [0.5, 0.6) is 0 Å². The van der Waals surface area contributed by atoms with Crippen LogP contribution in [-0.4, -0.2) is 12.5 Å². The molecule has 3 rings (SSSR count). The SMILES string of the molecule is O=C(NCCc1cccs1)[C@@H]1CC2C=CC1C2. The van der Waals surface area contributed by atoms with E-state index in [1.807, 2.05) is 0 Å². The molecule has 1 aromatic heterocycles. The Hall–Kier alpha value is -1.09. The molecule has 3 heteroatoms. The van der Waals surface area contributed by atoms with Crippen LogP contribution in [0.2, 0.25) is 0 Å². The fourth-order valence-electron chi connectivity index (χ4n) is 2.98. The third-order valence-electron chi connectivity index (χ3n) is 3.87. The summed E-state index contributed by atoms with van der Waals surface area (Å²) in [5.41, 5.74) is 0. The minimum Gasteiger partial charge on any atom is -0.355 e. The van der Waals surface area contributed by atoms with Crippen molar-refractivity contribution < 1.29 is 4.79 Å². The predicted molar refractivity (Wildman–Crippen MR) is 69.9 cm³/mol. The summed E-state index contributed by atoms with van der Waals surface area (Å²) in [4.78, 5) is 13.4. The number of thiophene rings is 1. The Labute approximate surface area is 106 Å². The van der Waals surface area contributed by atoms with Gasteiger partial charge in [0, 0.05) is 17.3 Å². The largest absolute Gasteiger partial charge is 0.355 e. The minimum atomic E-state index is 0.244. The third-order valence-corrected chi connectivity index (χ3v) is 4.80. The van der Waals surface area contributed by atoms with Crippen LogP contribution < -0.4 is 5.32 Å². The van der Waals surface area contributed by atoms with E-state index in [9.17, 15) is 4.79 Å². The summed E-state index contributed by atoms with van der Waals surface area (Å²) in [6, 6.07) is 4.18. The summed E-state index contributed by atoms with van der Waals surface area (Å²) in [5, 5.41) is 5.16. The van der Waals surface area contributed by atoms with Crippen molar-refractivity contribution in [3.63, 3.8) is 0 Å². The first-order valence-corrected chi connectivity index (χ1v) is 7.19. The molecule has 17 heavy (non-hydrogen) atoms. The number of nitrogens with one attached hydrogen (secondary N) is 1. The van der Waals surface area contributed by atoms with Crippen molar-refractivity contribution in [3.8, 4) is 0 Å². The van der Waals surface area contributed by atoms with Crippen LogP contribution in [0.3, 0.4) is 0 Å². The van der Waals surface area contributed by atoms with Crippen molar-refractivity contribution in [1.82, 2.24) is 5.32 Å². The Morgan fingerprint density at radius 3 is 3.00 bits per heavy atom. The van der Waals surface area contributed by atoms with Gasteiger partial charge in [-0.2, -0.15) is 0 Å². The highest BCUT2D eigenvalue weighted by molar-refractivity contribution is 7.09. The van der Waals surface area contributed by atoms with E-state index in [0.29, 0.717) is 11.8 Å². The van der Waals surface area contributed by atoms with E-state index < -0.39 is 0 Å². The van der Waals surface area contributed by atoms with Crippen molar-refractivity contribution >= 4 is 17.2 Å². The Morgan fingerprint density at radius 1 is 1.41 bits per heavy atom. The number of allylic oxidation sites excluding steroid dienone is 2. The number of carbonyl (C=O) groups excluding carboxylic acids is 1. The molecule has 1 heterocycles. The van der Waals surface area contributed by atoms with Gasteiger partial charge in [0.1, 0.15) is 0 Å². The molecule has 0 saturated heterocycles. The molecule has 2 aliphatic carbocycles. The smallest absolute Gasteiger partial charge is 0.223 e. The Kier molecular flexibility index (Phi) is 3.02. The first-order valence-electron chi connectivity index (χ1n) is 6.31. The summed E-state index contributed by atoms with van der Waals surface area (Å²) in [7, 11) is 0. The average Bonchev–Trinajstić information content (AvgIpc) is 3.05. The fourth-order valence-corrected chi connectivity index (χ4v) is 3.69. The van der Waals surface area contributed by atoms with E-state index >= 15 is 0 Å². The van der Waals surface area contributed by atoms with E-state index in [2.05, 4.69) is 35.0 Å². The van der Waals surface area contributed by atoms with Crippen LogP contribution in [0.4, 0.5) is 0 Å². The van der Waals surface area contributed by atoms with E-state index in [1.165, 1.54) is 11.3 Å². The zero-order valence-corrected chi connectivity index (χ0v) is 10.6. The van der Waals surface area contributed by atoms with Gasteiger partial charge >= 0.3 is 0 Å². The van der Waals surface area contributed by atoms with E-state index in [1.54, 1.807) is 11.3 Å². The monoisotopic (exact) mass is 247 g/mol. The molecule has 1 fully saturated rings. The maximum Gasteiger partial charge on any atom is 0.223 e. The Bertz CT molecular complexity index is 423. The van der Waals surface area contributed by atoms with Crippen molar-refractivity contribution in [2.75, 3.05) is 6.54 Å². The van der Waals surface area contributed by atoms with Crippen molar-refractivity contribution in [3.05, 3.63) is 34.5 Å². The minimum absolute atomic E-state index is 0.244. The maximum absolute atomic E-state index is 12.0. The average molecular weight is 247 g/mol. The molecule has 1 aromatic rings.